The standard InChI is InChI=1S/C17H12N2O4S/c1-11(20)23-17-14-7-2-3-8-15(14)24-16(17)10-18-12-5-4-6-13(9-12)19(21)22/h2-10H,1H3. The molecule has 0 aliphatic heterocycles. The molecule has 0 saturated heterocycles. The van der Waals surface area contributed by atoms with Crippen molar-refractivity contribution in [2.75, 3.05) is 0 Å². The van der Waals surface area contributed by atoms with Crippen LogP contribution in [0.4, 0.5) is 11.4 Å². The number of hydrogen-bond donors (Lipinski definition) is 0. The van der Waals surface area contributed by atoms with Gasteiger partial charge in [-0.25, -0.2) is 0 Å². The van der Waals surface area contributed by atoms with Crippen LogP contribution in [0.15, 0.2) is 53.5 Å². The summed E-state index contributed by atoms with van der Waals surface area (Å²) < 4.78 is 6.29. The molecule has 3 rings (SSSR count). The number of rotatable bonds is 4. The van der Waals surface area contributed by atoms with E-state index in [4.69, 9.17) is 4.74 Å². The number of benzene rings is 2. The van der Waals surface area contributed by atoms with E-state index in [1.54, 1.807) is 18.3 Å². The van der Waals surface area contributed by atoms with Crippen LogP contribution in [0, 0.1) is 10.1 Å². The molecule has 0 aliphatic carbocycles. The van der Waals surface area contributed by atoms with Crippen molar-refractivity contribution >= 4 is 45.0 Å². The number of esters is 1. The van der Waals surface area contributed by atoms with E-state index in [0.717, 1.165) is 10.1 Å². The maximum absolute atomic E-state index is 11.4. The molecule has 3 aromatic rings. The molecule has 0 fully saturated rings. The Hall–Kier alpha value is -3.06. The predicted molar refractivity (Wildman–Crippen MR) is 93.5 cm³/mol. The van der Waals surface area contributed by atoms with E-state index in [-0.39, 0.29) is 5.69 Å². The van der Waals surface area contributed by atoms with Crippen molar-refractivity contribution in [3.05, 3.63) is 63.5 Å². The Kier molecular flexibility index (Phi) is 4.35. The van der Waals surface area contributed by atoms with Crippen LogP contribution in [-0.2, 0) is 4.79 Å². The summed E-state index contributed by atoms with van der Waals surface area (Å²) in [4.78, 5) is 26.7. The lowest BCUT2D eigenvalue weighted by atomic mass is 10.2. The Bertz CT molecular complexity index is 962. The molecule has 2 aromatic carbocycles. The van der Waals surface area contributed by atoms with Gasteiger partial charge in [0.1, 0.15) is 0 Å². The summed E-state index contributed by atoms with van der Waals surface area (Å²) in [5.74, 6) is 0.0424. The van der Waals surface area contributed by atoms with Crippen molar-refractivity contribution in [1.82, 2.24) is 0 Å². The normalized spacial score (nSPS) is 11.0. The summed E-state index contributed by atoms with van der Waals surface area (Å²) in [5.41, 5.74) is 0.427. The second-order valence-electron chi connectivity index (χ2n) is 4.92. The Labute approximate surface area is 141 Å². The third-order valence-corrected chi connectivity index (χ3v) is 4.28. The van der Waals surface area contributed by atoms with E-state index in [1.807, 2.05) is 24.3 Å². The topological polar surface area (TPSA) is 81.8 Å². The minimum absolute atomic E-state index is 0.0267. The highest BCUT2D eigenvalue weighted by molar-refractivity contribution is 7.21. The highest BCUT2D eigenvalue weighted by atomic mass is 32.1. The van der Waals surface area contributed by atoms with Gasteiger partial charge in [-0.3, -0.25) is 19.9 Å². The molecule has 0 spiro atoms. The zero-order chi connectivity index (χ0) is 17.1. The molecule has 0 bridgehead atoms. The smallest absolute Gasteiger partial charge is 0.308 e. The van der Waals surface area contributed by atoms with E-state index >= 15 is 0 Å². The highest BCUT2D eigenvalue weighted by Gasteiger charge is 2.14. The molecular formula is C17H12N2O4S. The second kappa shape index (κ2) is 6.59. The summed E-state index contributed by atoms with van der Waals surface area (Å²) >= 11 is 1.44. The van der Waals surface area contributed by atoms with Gasteiger partial charge in [0.05, 0.1) is 15.5 Å². The van der Waals surface area contributed by atoms with Crippen LogP contribution in [0.25, 0.3) is 10.1 Å². The molecule has 120 valence electrons. The summed E-state index contributed by atoms with van der Waals surface area (Å²) in [6.07, 6.45) is 1.56. The quantitative estimate of drug-likeness (QED) is 0.303. The van der Waals surface area contributed by atoms with Crippen LogP contribution in [0.1, 0.15) is 11.8 Å². The largest absolute Gasteiger partial charge is 0.424 e. The zero-order valence-corrected chi connectivity index (χ0v) is 13.4. The molecule has 0 aliphatic rings. The van der Waals surface area contributed by atoms with Gasteiger partial charge in [0, 0.05) is 35.4 Å². The average Bonchev–Trinajstić information content (AvgIpc) is 2.90. The molecule has 0 N–H and O–H groups in total. The number of non-ortho nitro benzene ring substituents is 1. The monoisotopic (exact) mass is 340 g/mol. The molecule has 0 radical (unpaired) electrons. The highest BCUT2D eigenvalue weighted by Crippen LogP contribution is 2.37. The lowest BCUT2D eigenvalue weighted by Crippen LogP contribution is -2.02. The van der Waals surface area contributed by atoms with Crippen molar-refractivity contribution < 1.29 is 14.5 Å². The lowest BCUT2D eigenvalue weighted by Gasteiger charge is -2.00. The van der Waals surface area contributed by atoms with Gasteiger partial charge < -0.3 is 4.74 Å². The predicted octanol–water partition coefficient (Wildman–Crippen LogP) is 4.49. The third-order valence-electron chi connectivity index (χ3n) is 3.19. The number of carbonyl (C=O) groups is 1. The summed E-state index contributed by atoms with van der Waals surface area (Å²) in [6, 6.07) is 13.6. The molecular weight excluding hydrogens is 328 g/mol. The Balaban J connectivity index is 2.01. The molecule has 24 heavy (non-hydrogen) atoms. The van der Waals surface area contributed by atoms with Crippen LogP contribution >= 0.6 is 11.3 Å². The van der Waals surface area contributed by atoms with Gasteiger partial charge in [0.15, 0.2) is 5.75 Å². The molecule has 1 aromatic heterocycles. The Morgan fingerprint density at radius 2 is 2.04 bits per heavy atom. The molecule has 0 unspecified atom stereocenters. The van der Waals surface area contributed by atoms with Gasteiger partial charge in [0.2, 0.25) is 0 Å². The van der Waals surface area contributed by atoms with E-state index < -0.39 is 10.9 Å². The minimum atomic E-state index is -0.469. The maximum atomic E-state index is 11.4. The van der Waals surface area contributed by atoms with Gasteiger partial charge in [-0.15, -0.1) is 11.3 Å². The summed E-state index contributed by atoms with van der Waals surface area (Å²) in [7, 11) is 0. The van der Waals surface area contributed by atoms with Crippen molar-refractivity contribution in [2.45, 2.75) is 6.92 Å². The number of carbonyl (C=O) groups excluding carboxylic acids is 1. The number of aliphatic imine (C=N–C) groups is 1. The summed E-state index contributed by atoms with van der Waals surface area (Å²) in [6.45, 7) is 1.34. The van der Waals surface area contributed by atoms with Crippen molar-refractivity contribution in [3.8, 4) is 5.75 Å². The molecule has 0 atom stereocenters. The van der Waals surface area contributed by atoms with Crippen LogP contribution in [0.2, 0.25) is 0 Å². The van der Waals surface area contributed by atoms with Crippen molar-refractivity contribution in [1.29, 1.82) is 0 Å². The van der Waals surface area contributed by atoms with E-state index in [2.05, 4.69) is 4.99 Å². The number of fused-ring (bicyclic) bond motifs is 1. The van der Waals surface area contributed by atoms with Gasteiger partial charge >= 0.3 is 5.97 Å². The van der Waals surface area contributed by atoms with E-state index in [0.29, 0.717) is 16.3 Å². The number of ether oxygens (including phenoxy) is 1. The van der Waals surface area contributed by atoms with Crippen LogP contribution in [0.5, 0.6) is 5.75 Å². The minimum Gasteiger partial charge on any atom is -0.424 e. The number of thiophene rings is 1. The first-order valence-electron chi connectivity index (χ1n) is 7.03. The fraction of sp³-hybridized carbons (Fsp3) is 0.0588. The number of nitro benzene ring substituents is 1. The summed E-state index contributed by atoms with van der Waals surface area (Å²) in [5, 5.41) is 11.7. The van der Waals surface area contributed by atoms with Crippen molar-refractivity contribution in [2.24, 2.45) is 4.99 Å². The molecule has 6 nitrogen and oxygen atoms in total. The fourth-order valence-corrected chi connectivity index (χ4v) is 3.20. The first kappa shape index (κ1) is 15.8. The van der Waals surface area contributed by atoms with Crippen molar-refractivity contribution in [3.63, 3.8) is 0 Å². The zero-order valence-electron chi connectivity index (χ0n) is 12.6. The molecule has 0 saturated carbocycles. The van der Waals surface area contributed by atoms with E-state index in [9.17, 15) is 14.9 Å². The van der Waals surface area contributed by atoms with Crippen LogP contribution in [0.3, 0.4) is 0 Å². The number of nitrogens with zero attached hydrogens (tertiary/aromatic N) is 2. The number of nitro groups is 1. The SMILES string of the molecule is CC(=O)Oc1c(C=Nc2cccc([N+](=O)[O-])c2)sc2ccccc12. The molecule has 1 heterocycles. The Morgan fingerprint density at radius 3 is 2.79 bits per heavy atom. The molecule has 0 amide bonds. The first-order chi connectivity index (χ1) is 11.5. The fourth-order valence-electron chi connectivity index (χ4n) is 2.19. The average molecular weight is 340 g/mol. The first-order valence-corrected chi connectivity index (χ1v) is 7.85. The maximum Gasteiger partial charge on any atom is 0.308 e. The lowest BCUT2D eigenvalue weighted by molar-refractivity contribution is -0.384. The molecule has 7 heteroatoms. The van der Waals surface area contributed by atoms with Gasteiger partial charge in [-0.2, -0.15) is 0 Å². The number of hydrogen-bond acceptors (Lipinski definition) is 6. The van der Waals surface area contributed by atoms with Gasteiger partial charge in [-0.1, -0.05) is 18.2 Å². The third kappa shape index (κ3) is 3.31. The van der Waals surface area contributed by atoms with Gasteiger partial charge in [0.25, 0.3) is 5.69 Å². The van der Waals surface area contributed by atoms with Gasteiger partial charge in [-0.05, 0) is 18.2 Å². The second-order valence-corrected chi connectivity index (χ2v) is 6.00. The Morgan fingerprint density at radius 1 is 1.25 bits per heavy atom. The van der Waals surface area contributed by atoms with E-state index in [1.165, 1.54) is 30.4 Å². The van der Waals surface area contributed by atoms with Crippen LogP contribution in [-0.4, -0.2) is 17.1 Å². The van der Waals surface area contributed by atoms with Crippen LogP contribution < -0.4 is 4.74 Å².